The predicted molar refractivity (Wildman–Crippen MR) is 89.7 cm³/mol. The largest absolute Gasteiger partial charge is 0.304 e. The van der Waals surface area contributed by atoms with Crippen molar-refractivity contribution in [2.24, 2.45) is 0 Å². The Kier molecular flexibility index (Phi) is 5.41. The molecule has 0 spiro atoms. The highest BCUT2D eigenvalue weighted by molar-refractivity contribution is 9.10. The number of aryl methyl sites for hydroxylation is 2. The summed E-state index contributed by atoms with van der Waals surface area (Å²) in [5.41, 5.74) is 3.50. The van der Waals surface area contributed by atoms with Gasteiger partial charge in [-0.2, -0.15) is 5.10 Å². The van der Waals surface area contributed by atoms with Crippen LogP contribution in [0.15, 0.2) is 33.2 Å². The van der Waals surface area contributed by atoms with Crippen molar-refractivity contribution in [1.29, 1.82) is 0 Å². The molecule has 0 bridgehead atoms. The molecule has 0 aliphatic carbocycles. The van der Waals surface area contributed by atoms with Crippen molar-refractivity contribution in [3.8, 4) is 0 Å². The van der Waals surface area contributed by atoms with Gasteiger partial charge in [-0.25, -0.2) is 0 Å². The van der Waals surface area contributed by atoms with Crippen LogP contribution in [0, 0.1) is 6.92 Å². The highest BCUT2D eigenvalue weighted by Crippen LogP contribution is 2.25. The fourth-order valence-corrected chi connectivity index (χ4v) is 3.28. The summed E-state index contributed by atoms with van der Waals surface area (Å²) in [4.78, 5) is 0. The second-order valence-corrected chi connectivity index (χ2v) is 6.43. The van der Waals surface area contributed by atoms with Crippen LogP contribution in [0.25, 0.3) is 0 Å². The number of hydrogen-bond acceptors (Lipinski definition) is 2. The van der Waals surface area contributed by atoms with Gasteiger partial charge in [-0.1, -0.05) is 34.1 Å². The number of hydrogen-bond donors (Lipinski definition) is 1. The lowest BCUT2D eigenvalue weighted by molar-refractivity contribution is 0.529. The van der Waals surface area contributed by atoms with Gasteiger partial charge in [-0.3, -0.25) is 4.68 Å². The van der Waals surface area contributed by atoms with Crippen LogP contribution < -0.4 is 5.32 Å². The first-order valence-corrected chi connectivity index (χ1v) is 8.32. The van der Waals surface area contributed by atoms with Gasteiger partial charge in [0.05, 0.1) is 15.9 Å². The van der Waals surface area contributed by atoms with Crippen LogP contribution in [0.2, 0.25) is 0 Å². The van der Waals surface area contributed by atoms with Gasteiger partial charge in [0.15, 0.2) is 0 Å². The Balaban J connectivity index is 2.11. The maximum Gasteiger partial charge on any atom is 0.0739 e. The Morgan fingerprint density at radius 3 is 2.65 bits per heavy atom. The van der Waals surface area contributed by atoms with E-state index in [1.165, 1.54) is 11.3 Å². The summed E-state index contributed by atoms with van der Waals surface area (Å²) >= 11 is 7.23. The molecule has 0 saturated heterocycles. The van der Waals surface area contributed by atoms with Gasteiger partial charge in [0.2, 0.25) is 0 Å². The van der Waals surface area contributed by atoms with Gasteiger partial charge >= 0.3 is 0 Å². The molecule has 0 saturated carbocycles. The Bertz CT molecular complexity index is 593. The smallest absolute Gasteiger partial charge is 0.0739 e. The Morgan fingerprint density at radius 1 is 1.30 bits per heavy atom. The van der Waals surface area contributed by atoms with E-state index in [0.29, 0.717) is 0 Å². The van der Waals surface area contributed by atoms with Crippen LogP contribution >= 0.6 is 31.9 Å². The van der Waals surface area contributed by atoms with Crippen LogP contribution in [-0.4, -0.2) is 9.78 Å². The summed E-state index contributed by atoms with van der Waals surface area (Å²) in [6, 6.07) is 8.59. The van der Waals surface area contributed by atoms with Crippen LogP contribution in [0.5, 0.6) is 0 Å². The molecule has 0 aliphatic heterocycles. The van der Waals surface area contributed by atoms with E-state index in [1.807, 2.05) is 17.7 Å². The van der Waals surface area contributed by atoms with E-state index in [0.717, 1.165) is 27.7 Å². The third kappa shape index (κ3) is 3.32. The van der Waals surface area contributed by atoms with Crippen LogP contribution in [0.4, 0.5) is 0 Å². The standard InChI is InChI=1S/C15H19Br2N3/c1-4-20-14(15(17)11(3)19-20)9-18-10(2)12-7-5-6-8-13(12)16/h5-8,10,18H,4,9H2,1-3H3/t10-/m0/s1. The molecule has 2 rings (SSSR count). The van der Waals surface area contributed by atoms with Crippen molar-refractivity contribution in [1.82, 2.24) is 15.1 Å². The minimum Gasteiger partial charge on any atom is -0.304 e. The summed E-state index contributed by atoms with van der Waals surface area (Å²) in [7, 11) is 0. The third-order valence-electron chi connectivity index (χ3n) is 3.40. The number of benzene rings is 1. The van der Waals surface area contributed by atoms with Gasteiger partial charge in [-0.05, 0) is 48.3 Å². The molecular weight excluding hydrogens is 382 g/mol. The third-order valence-corrected chi connectivity index (χ3v) is 5.15. The van der Waals surface area contributed by atoms with Crippen LogP contribution in [0.1, 0.15) is 36.8 Å². The molecule has 5 heteroatoms. The van der Waals surface area contributed by atoms with Gasteiger partial charge < -0.3 is 5.32 Å². The molecule has 0 unspecified atom stereocenters. The monoisotopic (exact) mass is 399 g/mol. The van der Waals surface area contributed by atoms with Crippen LogP contribution in [0.3, 0.4) is 0 Å². The normalized spacial score (nSPS) is 12.7. The lowest BCUT2D eigenvalue weighted by atomic mass is 10.1. The molecule has 0 aliphatic rings. The first kappa shape index (κ1) is 15.7. The molecule has 3 nitrogen and oxygen atoms in total. The van der Waals surface area contributed by atoms with Crippen LogP contribution in [-0.2, 0) is 13.1 Å². The van der Waals surface area contributed by atoms with E-state index in [-0.39, 0.29) is 6.04 Å². The topological polar surface area (TPSA) is 29.9 Å². The second kappa shape index (κ2) is 6.87. The molecule has 1 atom stereocenters. The SMILES string of the molecule is CCn1nc(C)c(Br)c1CN[C@@H](C)c1ccccc1Br. The Hall–Kier alpha value is -0.650. The quantitative estimate of drug-likeness (QED) is 0.795. The van der Waals surface area contributed by atoms with E-state index in [1.54, 1.807) is 0 Å². The van der Waals surface area contributed by atoms with Crippen molar-refractivity contribution in [3.63, 3.8) is 0 Å². The molecule has 20 heavy (non-hydrogen) atoms. The van der Waals surface area contributed by atoms with Crippen molar-refractivity contribution in [3.05, 3.63) is 50.2 Å². The molecule has 2 aromatic rings. The number of aromatic nitrogens is 2. The van der Waals surface area contributed by atoms with Crippen molar-refractivity contribution >= 4 is 31.9 Å². The summed E-state index contributed by atoms with van der Waals surface area (Å²) in [6.45, 7) is 7.98. The summed E-state index contributed by atoms with van der Waals surface area (Å²) in [6.07, 6.45) is 0. The first-order valence-electron chi connectivity index (χ1n) is 6.74. The van der Waals surface area contributed by atoms with Gasteiger partial charge in [-0.15, -0.1) is 0 Å². The molecule has 1 N–H and O–H groups in total. The minimum absolute atomic E-state index is 0.276. The number of halogens is 2. The first-order chi connectivity index (χ1) is 9.54. The zero-order valence-electron chi connectivity index (χ0n) is 12.0. The summed E-state index contributed by atoms with van der Waals surface area (Å²) in [5, 5.41) is 8.08. The van der Waals surface area contributed by atoms with E-state index in [2.05, 4.69) is 74.3 Å². The maximum atomic E-state index is 4.52. The van der Waals surface area contributed by atoms with E-state index in [4.69, 9.17) is 0 Å². The molecule has 0 radical (unpaired) electrons. The molecule has 1 aromatic carbocycles. The highest BCUT2D eigenvalue weighted by atomic mass is 79.9. The summed E-state index contributed by atoms with van der Waals surface area (Å²) in [5.74, 6) is 0. The van der Waals surface area contributed by atoms with Gasteiger partial charge in [0, 0.05) is 23.6 Å². The zero-order valence-corrected chi connectivity index (χ0v) is 15.1. The molecule has 108 valence electrons. The minimum atomic E-state index is 0.276. The maximum absolute atomic E-state index is 4.52. The zero-order chi connectivity index (χ0) is 14.7. The van der Waals surface area contributed by atoms with E-state index >= 15 is 0 Å². The number of rotatable bonds is 5. The molecule has 1 aromatic heterocycles. The fraction of sp³-hybridized carbons (Fsp3) is 0.400. The average Bonchev–Trinajstić information content (AvgIpc) is 2.72. The highest BCUT2D eigenvalue weighted by Gasteiger charge is 2.14. The summed E-state index contributed by atoms with van der Waals surface area (Å²) < 4.78 is 4.28. The van der Waals surface area contributed by atoms with Crippen molar-refractivity contribution in [2.45, 2.75) is 39.9 Å². The lowest BCUT2D eigenvalue weighted by Gasteiger charge is -2.16. The predicted octanol–water partition coefficient (Wildman–Crippen LogP) is 4.59. The second-order valence-electron chi connectivity index (χ2n) is 4.79. The van der Waals surface area contributed by atoms with E-state index in [9.17, 15) is 0 Å². The van der Waals surface area contributed by atoms with Gasteiger partial charge in [0.25, 0.3) is 0 Å². The van der Waals surface area contributed by atoms with Crippen molar-refractivity contribution in [2.75, 3.05) is 0 Å². The lowest BCUT2D eigenvalue weighted by Crippen LogP contribution is -2.20. The van der Waals surface area contributed by atoms with E-state index < -0.39 is 0 Å². The molecule has 1 heterocycles. The molecule has 0 amide bonds. The number of nitrogens with zero attached hydrogens (tertiary/aromatic N) is 2. The van der Waals surface area contributed by atoms with Gasteiger partial charge in [0.1, 0.15) is 0 Å². The fourth-order valence-electron chi connectivity index (χ4n) is 2.22. The Morgan fingerprint density at radius 2 is 2.00 bits per heavy atom. The average molecular weight is 401 g/mol. The number of nitrogens with one attached hydrogen (secondary N) is 1. The molecule has 0 fully saturated rings. The Labute approximate surface area is 137 Å². The van der Waals surface area contributed by atoms with Crippen molar-refractivity contribution < 1.29 is 0 Å². The molecular formula is C15H19Br2N3.